The lowest BCUT2D eigenvalue weighted by molar-refractivity contribution is -0.384. The molecular weight excluding hydrogens is 297 g/mol. The van der Waals surface area contributed by atoms with Gasteiger partial charge in [0.2, 0.25) is 0 Å². The van der Waals surface area contributed by atoms with Gasteiger partial charge in [0, 0.05) is 17.5 Å². The smallest absolute Gasteiger partial charge is 0.272 e. The lowest BCUT2D eigenvalue weighted by atomic mass is 10.2. The number of rotatable bonds is 4. The Hall–Kier alpha value is -1.37. The number of nitro groups is 1. The predicted octanol–water partition coefficient (Wildman–Crippen LogP) is 3.97. The van der Waals surface area contributed by atoms with E-state index in [1.54, 1.807) is 5.51 Å². The van der Waals surface area contributed by atoms with E-state index in [1.165, 1.54) is 23.5 Å². The van der Waals surface area contributed by atoms with Crippen LogP contribution in [0.3, 0.4) is 0 Å². The molecule has 2 aromatic rings. The standard InChI is InChI=1S/C10H7Cl2N3O2S/c11-8-1-7(15(16)17)2-9(12)10(8)13-3-6-4-18-5-14-6/h1-2,4-5,13H,3H2. The van der Waals surface area contributed by atoms with Gasteiger partial charge in [0.05, 0.1) is 38.4 Å². The van der Waals surface area contributed by atoms with Crippen molar-refractivity contribution in [3.05, 3.63) is 48.9 Å². The molecule has 0 saturated heterocycles. The van der Waals surface area contributed by atoms with Gasteiger partial charge in [-0.2, -0.15) is 0 Å². The first-order valence-corrected chi connectivity index (χ1v) is 6.52. The van der Waals surface area contributed by atoms with Crippen molar-refractivity contribution >= 4 is 45.9 Å². The number of nitrogens with zero attached hydrogens (tertiary/aromatic N) is 2. The lowest BCUT2D eigenvalue weighted by Crippen LogP contribution is -2.01. The van der Waals surface area contributed by atoms with Crippen LogP contribution < -0.4 is 5.32 Å². The quantitative estimate of drug-likeness (QED) is 0.685. The number of halogens is 2. The van der Waals surface area contributed by atoms with E-state index in [4.69, 9.17) is 23.2 Å². The summed E-state index contributed by atoms with van der Waals surface area (Å²) in [5, 5.41) is 15.9. The van der Waals surface area contributed by atoms with Crippen LogP contribution in [-0.4, -0.2) is 9.91 Å². The summed E-state index contributed by atoms with van der Waals surface area (Å²) in [7, 11) is 0. The molecule has 1 aromatic heterocycles. The van der Waals surface area contributed by atoms with E-state index in [0.717, 1.165) is 5.69 Å². The van der Waals surface area contributed by atoms with Gasteiger partial charge >= 0.3 is 0 Å². The van der Waals surface area contributed by atoms with E-state index in [0.29, 0.717) is 12.2 Å². The highest BCUT2D eigenvalue weighted by Crippen LogP contribution is 2.34. The van der Waals surface area contributed by atoms with Crippen molar-refractivity contribution in [2.24, 2.45) is 0 Å². The number of nitrogens with one attached hydrogen (secondary N) is 1. The maximum absolute atomic E-state index is 10.6. The van der Waals surface area contributed by atoms with Crippen molar-refractivity contribution in [3.63, 3.8) is 0 Å². The van der Waals surface area contributed by atoms with Crippen LogP contribution >= 0.6 is 34.5 Å². The van der Waals surface area contributed by atoms with Crippen molar-refractivity contribution in [1.82, 2.24) is 4.98 Å². The zero-order valence-electron chi connectivity index (χ0n) is 8.89. The van der Waals surface area contributed by atoms with Gasteiger partial charge in [-0.05, 0) is 0 Å². The lowest BCUT2D eigenvalue weighted by Gasteiger charge is -2.09. The van der Waals surface area contributed by atoms with Gasteiger partial charge in [0.15, 0.2) is 0 Å². The number of anilines is 1. The summed E-state index contributed by atoms with van der Waals surface area (Å²) >= 11 is 13.4. The van der Waals surface area contributed by atoms with Gasteiger partial charge < -0.3 is 5.32 Å². The molecule has 1 aromatic carbocycles. The van der Waals surface area contributed by atoms with Crippen molar-refractivity contribution in [1.29, 1.82) is 0 Å². The minimum absolute atomic E-state index is 0.135. The molecule has 2 rings (SSSR count). The Labute approximate surface area is 117 Å². The van der Waals surface area contributed by atoms with Gasteiger partial charge in [-0.3, -0.25) is 10.1 Å². The van der Waals surface area contributed by atoms with Gasteiger partial charge in [-0.1, -0.05) is 23.2 Å². The minimum atomic E-state index is -0.540. The van der Waals surface area contributed by atoms with Crippen molar-refractivity contribution in [2.45, 2.75) is 6.54 Å². The molecule has 0 bridgehead atoms. The fourth-order valence-electron chi connectivity index (χ4n) is 1.34. The molecule has 0 fully saturated rings. The van der Waals surface area contributed by atoms with E-state index < -0.39 is 4.92 Å². The molecular formula is C10H7Cl2N3O2S. The third-order valence-corrected chi connectivity index (χ3v) is 3.40. The number of thiazole rings is 1. The second-order valence-corrected chi connectivity index (χ2v) is 4.91. The molecule has 5 nitrogen and oxygen atoms in total. The molecule has 1 N–H and O–H groups in total. The average Bonchev–Trinajstić information content (AvgIpc) is 2.80. The highest BCUT2D eigenvalue weighted by Gasteiger charge is 2.14. The Balaban J connectivity index is 2.20. The highest BCUT2D eigenvalue weighted by molar-refractivity contribution is 7.07. The number of nitro benzene ring substituents is 1. The first kappa shape index (κ1) is 13.1. The second kappa shape index (κ2) is 5.51. The van der Waals surface area contributed by atoms with Crippen LogP contribution in [0.5, 0.6) is 0 Å². The maximum atomic E-state index is 10.6. The molecule has 8 heteroatoms. The first-order chi connectivity index (χ1) is 8.58. The Bertz CT molecular complexity index is 552. The fraction of sp³-hybridized carbons (Fsp3) is 0.100. The van der Waals surface area contributed by atoms with E-state index in [-0.39, 0.29) is 15.7 Å². The van der Waals surface area contributed by atoms with Gasteiger partial charge in [0.25, 0.3) is 5.69 Å². The average molecular weight is 304 g/mol. The van der Waals surface area contributed by atoms with Gasteiger partial charge in [-0.25, -0.2) is 4.98 Å². The molecule has 0 radical (unpaired) electrons. The Morgan fingerprint density at radius 1 is 1.39 bits per heavy atom. The van der Waals surface area contributed by atoms with Crippen LogP contribution in [0.25, 0.3) is 0 Å². The van der Waals surface area contributed by atoms with Crippen molar-refractivity contribution < 1.29 is 4.92 Å². The summed E-state index contributed by atoms with van der Waals surface area (Å²) in [6.07, 6.45) is 0. The summed E-state index contributed by atoms with van der Waals surface area (Å²) in [6, 6.07) is 2.52. The summed E-state index contributed by atoms with van der Waals surface area (Å²) in [6.45, 7) is 0.459. The molecule has 94 valence electrons. The predicted molar refractivity (Wildman–Crippen MR) is 72.6 cm³/mol. The third-order valence-electron chi connectivity index (χ3n) is 2.17. The molecule has 0 saturated carbocycles. The van der Waals surface area contributed by atoms with Crippen LogP contribution in [-0.2, 0) is 6.54 Å². The SMILES string of the molecule is O=[N+]([O-])c1cc(Cl)c(NCc2cscn2)c(Cl)c1. The van der Waals surface area contributed by atoms with Crippen LogP contribution in [0.1, 0.15) is 5.69 Å². The topological polar surface area (TPSA) is 68.1 Å². The Kier molecular flexibility index (Phi) is 4.00. The highest BCUT2D eigenvalue weighted by atomic mass is 35.5. The number of non-ortho nitro benzene ring substituents is 1. The fourth-order valence-corrected chi connectivity index (χ4v) is 2.51. The largest absolute Gasteiger partial charge is 0.377 e. The second-order valence-electron chi connectivity index (χ2n) is 3.37. The Morgan fingerprint density at radius 3 is 2.56 bits per heavy atom. The van der Waals surface area contributed by atoms with E-state index in [9.17, 15) is 10.1 Å². The summed E-state index contributed by atoms with van der Waals surface area (Å²) in [5.74, 6) is 0. The minimum Gasteiger partial charge on any atom is -0.377 e. The molecule has 0 aliphatic carbocycles. The molecule has 18 heavy (non-hydrogen) atoms. The number of hydrogen-bond donors (Lipinski definition) is 1. The monoisotopic (exact) mass is 303 g/mol. The van der Waals surface area contributed by atoms with Crippen molar-refractivity contribution in [3.8, 4) is 0 Å². The summed E-state index contributed by atoms with van der Waals surface area (Å²) < 4.78 is 0. The molecule has 1 heterocycles. The van der Waals surface area contributed by atoms with Crippen LogP contribution in [0.15, 0.2) is 23.0 Å². The van der Waals surface area contributed by atoms with E-state index in [1.807, 2.05) is 5.38 Å². The van der Waals surface area contributed by atoms with Crippen LogP contribution in [0.4, 0.5) is 11.4 Å². The molecule has 0 aliphatic heterocycles. The number of benzene rings is 1. The number of aromatic nitrogens is 1. The molecule has 0 atom stereocenters. The third kappa shape index (κ3) is 2.90. The molecule has 0 amide bonds. The van der Waals surface area contributed by atoms with Crippen molar-refractivity contribution in [2.75, 3.05) is 5.32 Å². The zero-order chi connectivity index (χ0) is 13.1. The van der Waals surface area contributed by atoms with E-state index >= 15 is 0 Å². The van der Waals surface area contributed by atoms with Crippen LogP contribution in [0, 0.1) is 10.1 Å². The summed E-state index contributed by atoms with van der Waals surface area (Å²) in [4.78, 5) is 14.2. The molecule has 0 spiro atoms. The zero-order valence-corrected chi connectivity index (χ0v) is 11.2. The van der Waals surface area contributed by atoms with E-state index in [2.05, 4.69) is 10.3 Å². The normalized spacial score (nSPS) is 10.3. The molecule has 0 unspecified atom stereocenters. The first-order valence-electron chi connectivity index (χ1n) is 4.82. The Morgan fingerprint density at radius 2 is 2.06 bits per heavy atom. The maximum Gasteiger partial charge on any atom is 0.272 e. The van der Waals surface area contributed by atoms with Gasteiger partial charge in [0.1, 0.15) is 0 Å². The van der Waals surface area contributed by atoms with Crippen LogP contribution in [0.2, 0.25) is 10.0 Å². The van der Waals surface area contributed by atoms with Gasteiger partial charge in [-0.15, -0.1) is 11.3 Å². The summed E-state index contributed by atoms with van der Waals surface area (Å²) in [5.41, 5.74) is 2.91. The number of hydrogen-bond acceptors (Lipinski definition) is 5. The molecule has 0 aliphatic rings.